The van der Waals surface area contributed by atoms with E-state index in [1.54, 1.807) is 14.0 Å². The summed E-state index contributed by atoms with van der Waals surface area (Å²) in [5, 5.41) is 3.84. The fraction of sp³-hybridized carbons (Fsp3) is 0.529. The molecule has 2 aliphatic heterocycles. The second-order valence-electron chi connectivity index (χ2n) is 6.26. The Morgan fingerprint density at radius 3 is 2.85 bits per heavy atom. The first-order valence-electron chi connectivity index (χ1n) is 8.25. The molecule has 142 valence electrons. The monoisotopic (exact) mass is 506 g/mol. The third kappa shape index (κ3) is 3.23. The number of carbonyl (C=O) groups is 1. The van der Waals surface area contributed by atoms with E-state index >= 15 is 0 Å². The molecule has 2 aliphatic rings. The summed E-state index contributed by atoms with van der Waals surface area (Å²) in [6, 6.07) is 3.51. The molecule has 1 saturated heterocycles. The van der Waals surface area contributed by atoms with E-state index < -0.39 is 11.6 Å². The predicted octanol–water partition coefficient (Wildman–Crippen LogP) is 3.38. The Labute approximate surface area is 174 Å². The van der Waals surface area contributed by atoms with Crippen LogP contribution in [0.15, 0.2) is 21.1 Å². The molecule has 26 heavy (non-hydrogen) atoms. The van der Waals surface area contributed by atoms with Crippen molar-refractivity contribution in [3.05, 3.63) is 26.6 Å². The van der Waals surface area contributed by atoms with Crippen molar-refractivity contribution in [2.24, 2.45) is 5.92 Å². The molecular weight excluding hydrogens is 488 g/mol. The highest BCUT2D eigenvalue weighted by Crippen LogP contribution is 2.51. The Kier molecular flexibility index (Phi) is 5.81. The number of nitrogens with zero attached hydrogens (tertiary/aromatic N) is 1. The highest BCUT2D eigenvalue weighted by atomic mass is 79.9. The van der Waals surface area contributed by atoms with Crippen LogP contribution in [0.4, 0.5) is 0 Å². The normalized spacial score (nSPS) is 26.7. The first-order chi connectivity index (χ1) is 12.3. The first kappa shape index (κ1) is 19.9. The van der Waals surface area contributed by atoms with Crippen molar-refractivity contribution in [1.29, 1.82) is 0 Å². The van der Waals surface area contributed by atoms with E-state index in [2.05, 4.69) is 37.2 Å². The molecule has 0 spiro atoms. The number of hydrogen-bond donors (Lipinski definition) is 1. The molecule has 6 nitrogen and oxygen atoms in total. The number of thiocarbonyl (C=S) groups is 1. The zero-order chi connectivity index (χ0) is 19.1. The molecule has 0 aromatic heterocycles. The van der Waals surface area contributed by atoms with Crippen molar-refractivity contribution >= 4 is 55.2 Å². The minimum Gasteiger partial charge on any atom is -0.466 e. The lowest BCUT2D eigenvalue weighted by atomic mass is 9.79. The van der Waals surface area contributed by atoms with Gasteiger partial charge >= 0.3 is 5.97 Å². The average molecular weight is 508 g/mol. The molecule has 2 bridgehead atoms. The van der Waals surface area contributed by atoms with Crippen LogP contribution >= 0.6 is 44.1 Å². The molecule has 0 saturated carbocycles. The molecule has 3 atom stereocenters. The number of methoxy groups -OCH3 is 1. The number of benzene rings is 1. The lowest BCUT2D eigenvalue weighted by Gasteiger charge is -2.55. The van der Waals surface area contributed by atoms with Gasteiger partial charge in [0.25, 0.3) is 0 Å². The van der Waals surface area contributed by atoms with Gasteiger partial charge in [0.2, 0.25) is 0 Å². The molecular formula is C17H20Br2N2O4S. The highest BCUT2D eigenvalue weighted by Gasteiger charge is 2.59. The number of halogens is 2. The van der Waals surface area contributed by atoms with Crippen molar-refractivity contribution in [3.63, 3.8) is 0 Å². The third-order valence-corrected chi connectivity index (χ3v) is 6.10. The van der Waals surface area contributed by atoms with Gasteiger partial charge in [0.15, 0.2) is 10.8 Å². The molecule has 0 unspecified atom stereocenters. The minimum atomic E-state index is -0.985. The van der Waals surface area contributed by atoms with Crippen LogP contribution in [0.1, 0.15) is 25.5 Å². The molecule has 0 amide bonds. The van der Waals surface area contributed by atoms with Crippen LogP contribution in [-0.2, 0) is 14.3 Å². The summed E-state index contributed by atoms with van der Waals surface area (Å²) in [6.45, 7) is 4.92. The summed E-state index contributed by atoms with van der Waals surface area (Å²) >= 11 is 12.6. The van der Waals surface area contributed by atoms with Crippen molar-refractivity contribution in [1.82, 2.24) is 10.2 Å². The van der Waals surface area contributed by atoms with Gasteiger partial charge in [-0.15, -0.1) is 0 Å². The second kappa shape index (κ2) is 7.61. The molecule has 0 aliphatic carbocycles. The summed E-state index contributed by atoms with van der Waals surface area (Å²) in [5.74, 6) is -0.211. The highest BCUT2D eigenvalue weighted by molar-refractivity contribution is 9.11. The number of ether oxygens (including phenoxy) is 3. The molecule has 2 heterocycles. The van der Waals surface area contributed by atoms with E-state index in [-0.39, 0.29) is 12.0 Å². The number of esters is 1. The maximum atomic E-state index is 12.9. The van der Waals surface area contributed by atoms with E-state index in [1.807, 2.05) is 24.0 Å². The zero-order valence-electron chi connectivity index (χ0n) is 14.7. The van der Waals surface area contributed by atoms with Crippen LogP contribution in [0, 0.1) is 5.92 Å². The third-order valence-electron chi connectivity index (χ3n) is 4.71. The maximum absolute atomic E-state index is 12.9. The lowest BCUT2D eigenvalue weighted by molar-refractivity contribution is -0.176. The Morgan fingerprint density at radius 1 is 1.46 bits per heavy atom. The summed E-state index contributed by atoms with van der Waals surface area (Å²) in [6.07, 6.45) is 0. The fourth-order valence-electron chi connectivity index (χ4n) is 3.57. The second-order valence-corrected chi connectivity index (χ2v) is 8.42. The number of rotatable bonds is 5. The van der Waals surface area contributed by atoms with Crippen molar-refractivity contribution in [2.45, 2.75) is 25.6 Å². The molecule has 3 rings (SSSR count). The van der Waals surface area contributed by atoms with Gasteiger partial charge in [-0.25, -0.2) is 0 Å². The van der Waals surface area contributed by atoms with Crippen LogP contribution in [0.25, 0.3) is 0 Å². The predicted molar refractivity (Wildman–Crippen MR) is 108 cm³/mol. The van der Waals surface area contributed by atoms with Gasteiger partial charge in [-0.1, -0.05) is 15.9 Å². The molecule has 1 aromatic rings. The first-order valence-corrected chi connectivity index (χ1v) is 10.2. The van der Waals surface area contributed by atoms with E-state index in [0.717, 1.165) is 14.5 Å². The smallest absolute Gasteiger partial charge is 0.317 e. The number of carbonyl (C=O) groups excluding carboxylic acids is 1. The standard InChI is InChI=1S/C17H20Br2N2O4S/c1-4-24-15(22)12-13-10-7-9(18)8-11(19)14(10)25-17(12,2)21(5-6-23-3)16(26)20-13/h7-8,12-13H,4-6H2,1-3H3,(H,20,26)/t12-,13+,17+/m1/s1. The SMILES string of the molecule is CCOC(=O)[C@H]1[C@H]2NC(=S)N(CCOC)[C@@]1(C)Oc1c(Br)cc(Br)cc12. The van der Waals surface area contributed by atoms with Gasteiger partial charge in [-0.3, -0.25) is 4.79 Å². The zero-order valence-corrected chi connectivity index (χ0v) is 18.7. The van der Waals surface area contributed by atoms with Gasteiger partial charge in [0, 0.05) is 23.7 Å². The van der Waals surface area contributed by atoms with Gasteiger partial charge in [0.1, 0.15) is 11.7 Å². The molecule has 1 aromatic carbocycles. The molecule has 0 radical (unpaired) electrons. The summed E-state index contributed by atoms with van der Waals surface area (Å²) in [5.41, 5.74) is -0.128. The molecule has 9 heteroatoms. The van der Waals surface area contributed by atoms with Gasteiger partial charge < -0.3 is 24.4 Å². The van der Waals surface area contributed by atoms with Crippen LogP contribution < -0.4 is 10.1 Å². The van der Waals surface area contributed by atoms with Gasteiger partial charge in [-0.2, -0.15) is 0 Å². The van der Waals surface area contributed by atoms with Crippen LogP contribution in [0.3, 0.4) is 0 Å². The van der Waals surface area contributed by atoms with Crippen molar-refractivity contribution in [2.75, 3.05) is 26.9 Å². The van der Waals surface area contributed by atoms with Crippen LogP contribution in [-0.4, -0.2) is 48.6 Å². The molecule has 1 N–H and O–H groups in total. The van der Waals surface area contributed by atoms with E-state index in [9.17, 15) is 4.79 Å². The molecule has 1 fully saturated rings. The van der Waals surface area contributed by atoms with E-state index in [4.69, 9.17) is 26.4 Å². The Bertz CT molecular complexity index is 748. The average Bonchev–Trinajstić information content (AvgIpc) is 2.56. The number of hydrogen-bond acceptors (Lipinski definition) is 5. The largest absolute Gasteiger partial charge is 0.466 e. The summed E-state index contributed by atoms with van der Waals surface area (Å²) < 4.78 is 18.7. The fourth-order valence-corrected chi connectivity index (χ4v) is 5.31. The van der Waals surface area contributed by atoms with Crippen LogP contribution in [0.2, 0.25) is 0 Å². The lowest BCUT2D eigenvalue weighted by Crippen LogP contribution is -2.71. The Balaban J connectivity index is 2.14. The van der Waals surface area contributed by atoms with Crippen molar-refractivity contribution in [3.8, 4) is 5.75 Å². The van der Waals surface area contributed by atoms with Gasteiger partial charge in [-0.05, 0) is 54.1 Å². The Morgan fingerprint density at radius 2 is 2.19 bits per heavy atom. The Hall–Kier alpha value is -0.900. The van der Waals surface area contributed by atoms with Crippen LogP contribution in [0.5, 0.6) is 5.75 Å². The minimum absolute atomic E-state index is 0.301. The summed E-state index contributed by atoms with van der Waals surface area (Å²) in [7, 11) is 1.62. The maximum Gasteiger partial charge on any atom is 0.317 e. The topological polar surface area (TPSA) is 60.0 Å². The number of nitrogens with one attached hydrogen (secondary N) is 1. The van der Waals surface area contributed by atoms with Crippen molar-refractivity contribution < 1.29 is 19.0 Å². The number of fused-ring (bicyclic) bond motifs is 4. The van der Waals surface area contributed by atoms with E-state index in [1.165, 1.54) is 0 Å². The summed E-state index contributed by atoms with van der Waals surface area (Å²) in [4.78, 5) is 14.7. The van der Waals surface area contributed by atoms with Gasteiger partial charge in [0.05, 0.1) is 23.7 Å². The van der Waals surface area contributed by atoms with E-state index in [0.29, 0.717) is 30.6 Å². The quantitative estimate of drug-likeness (QED) is 0.484.